The molecule has 0 bridgehead atoms. The molecule has 1 N–H and O–H groups in total. The van der Waals surface area contributed by atoms with Gasteiger partial charge in [-0.05, 0) is 70.2 Å². The van der Waals surface area contributed by atoms with Gasteiger partial charge in [-0.15, -0.1) is 0 Å². The monoisotopic (exact) mass is 515 g/mol. The molecule has 36 heavy (non-hydrogen) atoms. The summed E-state index contributed by atoms with van der Waals surface area (Å²) in [6, 6.07) is 0. The maximum atomic E-state index is 5.81. The van der Waals surface area contributed by atoms with E-state index in [-0.39, 0.29) is 0 Å². The number of morpholine rings is 2. The van der Waals surface area contributed by atoms with Crippen molar-refractivity contribution in [3.63, 3.8) is 0 Å². The third kappa shape index (κ3) is 22.9. The molecular formula is C30H66N4O2. The Morgan fingerprint density at radius 2 is 1.47 bits per heavy atom. The molecule has 2 saturated heterocycles. The summed E-state index contributed by atoms with van der Waals surface area (Å²) < 4.78 is 11.1. The minimum absolute atomic E-state index is 0.386. The largest absolute Gasteiger partial charge is 0.379 e. The van der Waals surface area contributed by atoms with Crippen LogP contribution in [0.15, 0.2) is 0 Å². The van der Waals surface area contributed by atoms with Crippen LogP contribution in [-0.4, -0.2) is 113 Å². The van der Waals surface area contributed by atoms with E-state index in [9.17, 15) is 0 Å². The van der Waals surface area contributed by atoms with Crippen molar-refractivity contribution >= 4 is 0 Å². The second-order valence-corrected chi connectivity index (χ2v) is 11.9. The molecule has 2 heterocycles. The highest BCUT2D eigenvalue weighted by Gasteiger charge is 2.19. The molecule has 0 aromatic rings. The number of nitrogens with zero attached hydrogens (tertiary/aromatic N) is 3. The molecule has 0 saturated carbocycles. The van der Waals surface area contributed by atoms with Gasteiger partial charge in [-0.25, -0.2) is 0 Å². The number of ether oxygens (including phenoxy) is 2. The van der Waals surface area contributed by atoms with Gasteiger partial charge in [-0.2, -0.15) is 0 Å². The number of rotatable bonds is 14. The van der Waals surface area contributed by atoms with Crippen molar-refractivity contribution in [3.8, 4) is 0 Å². The van der Waals surface area contributed by atoms with E-state index in [2.05, 4.69) is 82.5 Å². The van der Waals surface area contributed by atoms with Gasteiger partial charge in [0.1, 0.15) is 0 Å². The molecule has 0 aromatic carbocycles. The first-order chi connectivity index (χ1) is 17.2. The summed E-state index contributed by atoms with van der Waals surface area (Å²) in [5.74, 6) is 2.35. The Balaban J connectivity index is 0.000000572. The summed E-state index contributed by atoms with van der Waals surface area (Å²) in [7, 11) is 2.15. The maximum absolute atomic E-state index is 5.81. The van der Waals surface area contributed by atoms with E-state index in [1.165, 1.54) is 45.3 Å². The van der Waals surface area contributed by atoms with Gasteiger partial charge < -0.3 is 19.7 Å². The maximum Gasteiger partial charge on any atom is 0.0826 e. The fraction of sp³-hybridized carbons (Fsp3) is 1.00. The molecule has 218 valence electrons. The van der Waals surface area contributed by atoms with Crippen molar-refractivity contribution in [1.29, 1.82) is 0 Å². The van der Waals surface area contributed by atoms with E-state index in [1.54, 1.807) is 0 Å². The minimum atomic E-state index is 0.386. The summed E-state index contributed by atoms with van der Waals surface area (Å²) in [6.45, 7) is 32.2. The summed E-state index contributed by atoms with van der Waals surface area (Å²) in [5.41, 5.74) is 0. The van der Waals surface area contributed by atoms with Crippen LogP contribution < -0.4 is 5.32 Å². The van der Waals surface area contributed by atoms with Crippen molar-refractivity contribution in [2.45, 2.75) is 87.2 Å². The first-order valence-corrected chi connectivity index (χ1v) is 15.2. The lowest BCUT2D eigenvalue weighted by Gasteiger charge is -2.33. The van der Waals surface area contributed by atoms with Crippen LogP contribution in [0.2, 0.25) is 0 Å². The second kappa shape index (κ2) is 23.8. The predicted octanol–water partition coefficient (Wildman–Crippen LogP) is 5.08. The van der Waals surface area contributed by atoms with Crippen LogP contribution in [0.3, 0.4) is 0 Å². The molecule has 0 amide bonds. The Morgan fingerprint density at radius 3 is 2.00 bits per heavy atom. The third-order valence-corrected chi connectivity index (χ3v) is 6.55. The van der Waals surface area contributed by atoms with Gasteiger partial charge in [0, 0.05) is 39.3 Å². The van der Waals surface area contributed by atoms with E-state index < -0.39 is 0 Å². The average Bonchev–Trinajstić information content (AvgIpc) is 2.83. The lowest BCUT2D eigenvalue weighted by Crippen LogP contribution is -2.47. The minimum Gasteiger partial charge on any atom is -0.379 e. The lowest BCUT2D eigenvalue weighted by atomic mass is 10.1. The molecule has 0 aromatic heterocycles. The highest BCUT2D eigenvalue weighted by molar-refractivity contribution is 4.73. The summed E-state index contributed by atoms with van der Waals surface area (Å²) in [6.07, 6.45) is 5.69. The molecule has 2 aliphatic heterocycles. The van der Waals surface area contributed by atoms with E-state index in [4.69, 9.17) is 9.47 Å². The number of hydrogen-bond donors (Lipinski definition) is 1. The molecular weight excluding hydrogens is 448 g/mol. The van der Waals surface area contributed by atoms with E-state index >= 15 is 0 Å². The van der Waals surface area contributed by atoms with Crippen LogP contribution in [0.4, 0.5) is 0 Å². The highest BCUT2D eigenvalue weighted by atomic mass is 16.5. The second-order valence-electron chi connectivity index (χ2n) is 11.9. The number of unbranched alkanes of at least 4 members (excludes halogenated alkanes) is 1. The topological polar surface area (TPSA) is 40.2 Å². The zero-order valence-corrected chi connectivity index (χ0v) is 26.0. The first kappa shape index (κ1) is 35.8. The first-order valence-electron chi connectivity index (χ1n) is 15.2. The summed E-state index contributed by atoms with van der Waals surface area (Å²) in [4.78, 5) is 7.37. The average molecular weight is 515 g/mol. The normalized spacial score (nSPS) is 19.4. The lowest BCUT2D eigenvalue weighted by molar-refractivity contribution is -0.0277. The van der Waals surface area contributed by atoms with Crippen LogP contribution in [-0.2, 0) is 9.47 Å². The van der Waals surface area contributed by atoms with Crippen molar-refractivity contribution in [3.05, 3.63) is 0 Å². The van der Waals surface area contributed by atoms with E-state index in [0.29, 0.717) is 6.10 Å². The highest BCUT2D eigenvalue weighted by Crippen LogP contribution is 2.09. The van der Waals surface area contributed by atoms with Crippen LogP contribution in [0, 0.1) is 17.8 Å². The van der Waals surface area contributed by atoms with Crippen LogP contribution in [0.25, 0.3) is 0 Å². The summed E-state index contributed by atoms with van der Waals surface area (Å²) >= 11 is 0. The van der Waals surface area contributed by atoms with Gasteiger partial charge in [0.2, 0.25) is 0 Å². The van der Waals surface area contributed by atoms with E-state index in [0.717, 1.165) is 83.4 Å². The quantitative estimate of drug-likeness (QED) is 0.349. The van der Waals surface area contributed by atoms with Crippen molar-refractivity contribution in [1.82, 2.24) is 20.0 Å². The third-order valence-electron chi connectivity index (χ3n) is 6.55. The van der Waals surface area contributed by atoms with Crippen LogP contribution >= 0.6 is 0 Å². The van der Waals surface area contributed by atoms with Gasteiger partial charge in [-0.3, -0.25) is 9.80 Å². The van der Waals surface area contributed by atoms with Crippen molar-refractivity contribution in [2.24, 2.45) is 17.8 Å². The number of hydrogen-bond acceptors (Lipinski definition) is 6. The molecule has 0 radical (unpaired) electrons. The van der Waals surface area contributed by atoms with Gasteiger partial charge in [0.05, 0.1) is 25.9 Å². The van der Waals surface area contributed by atoms with Gasteiger partial charge in [0.25, 0.3) is 0 Å². The Labute approximate surface area is 226 Å². The zero-order chi connectivity index (χ0) is 27.2. The van der Waals surface area contributed by atoms with Gasteiger partial charge >= 0.3 is 0 Å². The predicted molar refractivity (Wildman–Crippen MR) is 158 cm³/mol. The van der Waals surface area contributed by atoms with Crippen LogP contribution in [0.1, 0.15) is 81.1 Å². The fourth-order valence-electron chi connectivity index (χ4n) is 4.32. The smallest absolute Gasteiger partial charge is 0.0826 e. The van der Waals surface area contributed by atoms with Crippen molar-refractivity contribution < 1.29 is 9.47 Å². The van der Waals surface area contributed by atoms with Crippen molar-refractivity contribution in [2.75, 3.05) is 92.3 Å². The SMILES string of the molecule is CC(C)CCCN1CCOC(CNCC(C)C)C1.CCCCN1CCOCC1.CCN(C)CC(C)C. The molecule has 2 fully saturated rings. The Bertz CT molecular complexity index is 436. The Morgan fingerprint density at radius 1 is 0.833 bits per heavy atom. The van der Waals surface area contributed by atoms with E-state index in [1.807, 2.05) is 0 Å². The molecule has 1 unspecified atom stereocenters. The molecule has 1 atom stereocenters. The van der Waals surface area contributed by atoms with Gasteiger partial charge in [0.15, 0.2) is 0 Å². The Hall–Kier alpha value is -0.240. The van der Waals surface area contributed by atoms with Crippen LogP contribution in [0.5, 0.6) is 0 Å². The fourth-order valence-corrected chi connectivity index (χ4v) is 4.32. The zero-order valence-electron chi connectivity index (χ0n) is 26.0. The van der Waals surface area contributed by atoms with Gasteiger partial charge in [-0.1, -0.05) is 61.8 Å². The summed E-state index contributed by atoms with van der Waals surface area (Å²) in [5, 5.41) is 3.50. The molecule has 6 nitrogen and oxygen atoms in total. The molecule has 0 spiro atoms. The molecule has 2 aliphatic rings. The molecule has 6 heteroatoms. The molecule has 0 aliphatic carbocycles. The Kier molecular flexibility index (Phi) is 23.7. The molecule has 2 rings (SSSR count). The standard InChI is InChI=1S/C15H32N2O.C8H17NO.C7H17N/c1-13(2)6-5-7-17-8-9-18-15(12-17)11-16-10-14(3)4;1-2-3-4-9-5-7-10-8-6-9;1-5-8(4)6-7(2)3/h13-16H,5-12H2,1-4H3;2-8H2,1H3;7H,5-6H2,1-4H3. The number of nitrogens with one attached hydrogen (secondary N) is 1.